The van der Waals surface area contributed by atoms with Gasteiger partial charge in [-0.15, -0.1) is 13.2 Å². The molecule has 0 N–H and O–H groups in total. The summed E-state index contributed by atoms with van der Waals surface area (Å²) in [6, 6.07) is 0. The number of imide groups is 1. The van der Waals surface area contributed by atoms with Gasteiger partial charge in [0, 0.05) is 6.92 Å². The maximum atomic E-state index is 12.3. The van der Waals surface area contributed by atoms with E-state index in [2.05, 4.69) is 13.2 Å². The van der Waals surface area contributed by atoms with Gasteiger partial charge in [-0.25, -0.2) is 4.90 Å². The first-order valence-corrected chi connectivity index (χ1v) is 6.25. The lowest BCUT2D eigenvalue weighted by Gasteiger charge is -2.18. The maximum absolute atomic E-state index is 12.3. The van der Waals surface area contributed by atoms with Crippen LogP contribution < -0.4 is 0 Å². The van der Waals surface area contributed by atoms with E-state index >= 15 is 0 Å². The van der Waals surface area contributed by atoms with Crippen LogP contribution in [0, 0.1) is 23.7 Å². The molecule has 0 spiro atoms. The van der Waals surface area contributed by atoms with Crippen molar-refractivity contribution in [1.82, 2.24) is 4.90 Å². The average molecular weight is 263 g/mol. The standard InChI is InChI=1S/C14H17NO4/c1-4-9-6-10(5-2)12-11(9)13(17)15(14(12)18)7-19-8(3)16/h4-5,9-12H,1-2,6-7H2,3H3. The second-order valence-corrected chi connectivity index (χ2v) is 4.96. The van der Waals surface area contributed by atoms with Crippen molar-refractivity contribution >= 4 is 17.8 Å². The van der Waals surface area contributed by atoms with Crippen LogP contribution in [-0.2, 0) is 19.1 Å². The molecule has 2 rings (SSSR count). The van der Waals surface area contributed by atoms with Crippen LogP contribution in [0.5, 0.6) is 0 Å². The third kappa shape index (κ3) is 2.09. The van der Waals surface area contributed by atoms with Crippen LogP contribution in [0.4, 0.5) is 0 Å². The molecule has 0 aromatic carbocycles. The number of fused-ring (bicyclic) bond motifs is 1. The fraction of sp³-hybridized carbons (Fsp3) is 0.500. The number of esters is 1. The van der Waals surface area contributed by atoms with Crippen LogP contribution in [0.25, 0.3) is 0 Å². The number of hydrogen-bond donors (Lipinski definition) is 0. The Balaban J connectivity index is 2.23. The number of ether oxygens (including phenoxy) is 1. The summed E-state index contributed by atoms with van der Waals surface area (Å²) < 4.78 is 4.76. The zero-order valence-corrected chi connectivity index (χ0v) is 10.9. The van der Waals surface area contributed by atoms with Crippen molar-refractivity contribution in [2.45, 2.75) is 13.3 Å². The monoisotopic (exact) mass is 263 g/mol. The summed E-state index contributed by atoms with van der Waals surface area (Å²) in [6.45, 7) is 8.40. The highest BCUT2D eigenvalue weighted by Crippen LogP contribution is 2.48. The van der Waals surface area contributed by atoms with Gasteiger partial charge in [-0.2, -0.15) is 0 Å². The Hall–Kier alpha value is -1.91. The number of rotatable bonds is 4. The lowest BCUT2D eigenvalue weighted by molar-refractivity contribution is -0.155. The Labute approximate surface area is 111 Å². The van der Waals surface area contributed by atoms with Crippen LogP contribution in [-0.4, -0.2) is 29.4 Å². The van der Waals surface area contributed by atoms with Gasteiger partial charge in [-0.3, -0.25) is 14.4 Å². The van der Waals surface area contributed by atoms with Gasteiger partial charge in [0.25, 0.3) is 0 Å². The Kier molecular flexibility index (Phi) is 3.55. The Morgan fingerprint density at radius 1 is 1.26 bits per heavy atom. The highest BCUT2D eigenvalue weighted by molar-refractivity contribution is 6.06. The van der Waals surface area contributed by atoms with Crippen LogP contribution >= 0.6 is 0 Å². The largest absolute Gasteiger partial charge is 0.444 e. The Bertz CT molecular complexity index is 424. The molecule has 1 saturated heterocycles. The molecule has 2 aliphatic rings. The van der Waals surface area contributed by atoms with E-state index in [1.54, 1.807) is 12.2 Å². The number of carbonyl (C=O) groups is 3. The van der Waals surface area contributed by atoms with Crippen LogP contribution in [0.1, 0.15) is 13.3 Å². The Morgan fingerprint density at radius 2 is 1.74 bits per heavy atom. The van der Waals surface area contributed by atoms with E-state index in [9.17, 15) is 14.4 Å². The van der Waals surface area contributed by atoms with Crippen molar-refractivity contribution in [2.24, 2.45) is 23.7 Å². The van der Waals surface area contributed by atoms with Crippen molar-refractivity contribution in [3.05, 3.63) is 25.3 Å². The highest BCUT2D eigenvalue weighted by atomic mass is 16.5. The summed E-state index contributed by atoms with van der Waals surface area (Å²) in [5.74, 6) is -1.88. The molecule has 2 amide bonds. The first kappa shape index (κ1) is 13.5. The van der Waals surface area contributed by atoms with Gasteiger partial charge in [0.15, 0.2) is 6.73 Å². The quantitative estimate of drug-likeness (QED) is 0.433. The average Bonchev–Trinajstić information content (AvgIpc) is 2.86. The van der Waals surface area contributed by atoms with E-state index in [1.807, 2.05) is 0 Å². The molecule has 0 bridgehead atoms. The van der Waals surface area contributed by atoms with Crippen LogP contribution in [0.2, 0.25) is 0 Å². The minimum Gasteiger partial charge on any atom is -0.444 e. The number of allylic oxidation sites excluding steroid dienone is 2. The van der Waals surface area contributed by atoms with Crippen molar-refractivity contribution in [3.8, 4) is 0 Å². The zero-order chi connectivity index (χ0) is 14.2. The first-order valence-electron chi connectivity index (χ1n) is 6.25. The van der Waals surface area contributed by atoms with Gasteiger partial charge >= 0.3 is 5.97 Å². The van der Waals surface area contributed by atoms with Crippen molar-refractivity contribution in [3.63, 3.8) is 0 Å². The van der Waals surface area contributed by atoms with Gasteiger partial charge in [0.05, 0.1) is 11.8 Å². The van der Waals surface area contributed by atoms with Crippen molar-refractivity contribution in [2.75, 3.05) is 6.73 Å². The van der Waals surface area contributed by atoms with E-state index in [-0.39, 0.29) is 42.2 Å². The third-order valence-corrected chi connectivity index (χ3v) is 3.96. The summed E-state index contributed by atoms with van der Waals surface area (Å²) in [6.07, 6.45) is 4.17. The molecule has 5 heteroatoms. The van der Waals surface area contributed by atoms with Crippen molar-refractivity contribution < 1.29 is 19.1 Å². The molecule has 19 heavy (non-hydrogen) atoms. The van der Waals surface area contributed by atoms with Crippen LogP contribution in [0.3, 0.4) is 0 Å². The van der Waals surface area contributed by atoms with E-state index in [4.69, 9.17) is 4.74 Å². The molecular formula is C14H17NO4. The molecule has 1 aliphatic heterocycles. The molecule has 1 aliphatic carbocycles. The molecule has 4 unspecified atom stereocenters. The molecule has 5 nitrogen and oxygen atoms in total. The normalized spacial score (nSPS) is 33.2. The summed E-state index contributed by atoms with van der Waals surface area (Å²) >= 11 is 0. The van der Waals surface area contributed by atoms with E-state index in [0.717, 1.165) is 11.3 Å². The third-order valence-electron chi connectivity index (χ3n) is 3.96. The molecule has 1 saturated carbocycles. The number of likely N-dealkylation sites (tertiary alicyclic amines) is 1. The van der Waals surface area contributed by atoms with Gasteiger partial charge in [-0.1, -0.05) is 12.2 Å². The van der Waals surface area contributed by atoms with E-state index in [0.29, 0.717) is 0 Å². The van der Waals surface area contributed by atoms with Gasteiger partial charge in [0.1, 0.15) is 0 Å². The van der Waals surface area contributed by atoms with Gasteiger partial charge in [0.2, 0.25) is 11.8 Å². The zero-order valence-electron chi connectivity index (χ0n) is 10.9. The SMILES string of the molecule is C=CC1CC(C=C)C2C(=O)N(COC(C)=O)C(=O)C12. The molecule has 2 fully saturated rings. The smallest absolute Gasteiger partial charge is 0.304 e. The first-order chi connectivity index (χ1) is 9.01. The summed E-state index contributed by atoms with van der Waals surface area (Å²) in [5, 5.41) is 0. The summed E-state index contributed by atoms with van der Waals surface area (Å²) in [5.41, 5.74) is 0. The highest BCUT2D eigenvalue weighted by Gasteiger charge is 2.57. The van der Waals surface area contributed by atoms with E-state index in [1.165, 1.54) is 6.92 Å². The topological polar surface area (TPSA) is 63.7 Å². The lowest BCUT2D eigenvalue weighted by Crippen LogP contribution is -2.36. The number of nitrogens with zero attached hydrogens (tertiary/aromatic N) is 1. The number of amides is 2. The molecular weight excluding hydrogens is 246 g/mol. The van der Waals surface area contributed by atoms with Gasteiger partial charge < -0.3 is 4.74 Å². The molecule has 4 atom stereocenters. The molecule has 0 radical (unpaired) electrons. The fourth-order valence-electron chi connectivity index (χ4n) is 3.05. The van der Waals surface area contributed by atoms with Crippen molar-refractivity contribution in [1.29, 1.82) is 0 Å². The minimum absolute atomic E-state index is 0.0215. The van der Waals surface area contributed by atoms with Crippen LogP contribution in [0.15, 0.2) is 25.3 Å². The molecule has 1 heterocycles. The summed E-state index contributed by atoms with van der Waals surface area (Å²) in [4.78, 5) is 36.4. The molecule has 102 valence electrons. The fourth-order valence-corrected chi connectivity index (χ4v) is 3.05. The maximum Gasteiger partial charge on any atom is 0.304 e. The predicted molar refractivity (Wildman–Crippen MR) is 67.5 cm³/mol. The minimum atomic E-state index is -0.516. The predicted octanol–water partition coefficient (Wildman–Crippen LogP) is 1.12. The molecule has 0 aromatic rings. The second-order valence-electron chi connectivity index (χ2n) is 4.96. The van der Waals surface area contributed by atoms with Gasteiger partial charge in [-0.05, 0) is 18.3 Å². The number of hydrogen-bond acceptors (Lipinski definition) is 4. The number of carbonyl (C=O) groups excluding carboxylic acids is 3. The van der Waals surface area contributed by atoms with E-state index < -0.39 is 5.97 Å². The molecule has 0 aromatic heterocycles. The summed E-state index contributed by atoms with van der Waals surface area (Å²) in [7, 11) is 0. The second kappa shape index (κ2) is 4.99. The Morgan fingerprint density at radius 3 is 2.11 bits per heavy atom. The lowest BCUT2D eigenvalue weighted by atomic mass is 9.89.